The van der Waals surface area contributed by atoms with E-state index in [0.717, 1.165) is 27.3 Å². The molecule has 0 N–H and O–H groups in total. The van der Waals surface area contributed by atoms with E-state index >= 15 is 0 Å². The van der Waals surface area contributed by atoms with Gasteiger partial charge in [-0.15, -0.1) is 0 Å². The summed E-state index contributed by atoms with van der Waals surface area (Å²) in [6.45, 7) is 0. The van der Waals surface area contributed by atoms with Gasteiger partial charge in [-0.1, -0.05) is 164 Å². The molecule has 0 spiro atoms. The lowest BCUT2D eigenvalue weighted by Gasteiger charge is -2.20. The smallest absolute Gasteiger partial charge is 0.143 e. The van der Waals surface area contributed by atoms with Crippen molar-refractivity contribution in [1.29, 1.82) is 0 Å². The Hall–Kier alpha value is -6.70. The molecule has 0 unspecified atom stereocenters. The molecule has 236 valence electrons. The first-order chi connectivity index (χ1) is 25.3. The molecule has 11 aromatic rings. The van der Waals surface area contributed by atoms with Crippen LogP contribution in [0.15, 0.2) is 186 Å². The van der Waals surface area contributed by atoms with E-state index in [0.29, 0.717) is 0 Å². The van der Waals surface area contributed by atoms with E-state index in [1.54, 1.807) is 0 Å². The van der Waals surface area contributed by atoms with Crippen molar-refractivity contribution >= 4 is 75.8 Å². The first-order valence-corrected chi connectivity index (χ1v) is 17.6. The Morgan fingerprint density at radius 2 is 0.863 bits per heavy atom. The normalized spacial score (nSPS) is 11.9. The molecule has 0 aliphatic rings. The minimum atomic E-state index is 0.905. The average molecular weight is 647 g/mol. The van der Waals surface area contributed by atoms with Crippen LogP contribution in [0.5, 0.6) is 0 Å². The number of fused-ring (bicyclic) bond motifs is 10. The van der Waals surface area contributed by atoms with Gasteiger partial charge < -0.3 is 4.42 Å². The van der Waals surface area contributed by atoms with Crippen LogP contribution in [0.3, 0.4) is 0 Å². The van der Waals surface area contributed by atoms with Crippen molar-refractivity contribution in [3.8, 4) is 33.4 Å². The highest BCUT2D eigenvalue weighted by atomic mass is 16.3. The van der Waals surface area contributed by atoms with Crippen LogP contribution in [0.4, 0.5) is 0 Å². The van der Waals surface area contributed by atoms with E-state index in [1.165, 1.54) is 81.9 Å². The predicted octanol–water partition coefficient (Wildman–Crippen LogP) is 14.4. The molecule has 1 heteroatoms. The van der Waals surface area contributed by atoms with Crippen LogP contribution in [-0.2, 0) is 0 Å². The van der Waals surface area contributed by atoms with Gasteiger partial charge in [0.1, 0.15) is 11.2 Å². The van der Waals surface area contributed by atoms with Gasteiger partial charge in [0.15, 0.2) is 0 Å². The first kappa shape index (κ1) is 28.2. The molecule has 1 nitrogen and oxygen atoms in total. The summed E-state index contributed by atoms with van der Waals surface area (Å²) >= 11 is 0. The highest BCUT2D eigenvalue weighted by Gasteiger charge is 2.22. The second kappa shape index (κ2) is 10.9. The molecule has 11 rings (SSSR count). The molecular weight excluding hydrogens is 617 g/mol. The van der Waals surface area contributed by atoms with E-state index < -0.39 is 0 Å². The van der Waals surface area contributed by atoms with Crippen LogP contribution in [0.25, 0.3) is 109 Å². The monoisotopic (exact) mass is 646 g/mol. The van der Waals surface area contributed by atoms with Crippen molar-refractivity contribution in [1.82, 2.24) is 0 Å². The zero-order valence-corrected chi connectivity index (χ0v) is 27.7. The Morgan fingerprint density at radius 3 is 1.67 bits per heavy atom. The topological polar surface area (TPSA) is 13.1 Å². The zero-order chi connectivity index (χ0) is 33.5. The summed E-state index contributed by atoms with van der Waals surface area (Å²) < 4.78 is 6.71. The lowest BCUT2D eigenvalue weighted by Crippen LogP contribution is -1.93. The quantitative estimate of drug-likeness (QED) is 0.138. The second-order valence-corrected chi connectivity index (χ2v) is 13.6. The highest BCUT2D eigenvalue weighted by Crippen LogP contribution is 2.49. The van der Waals surface area contributed by atoms with Gasteiger partial charge in [-0.25, -0.2) is 0 Å². The van der Waals surface area contributed by atoms with Crippen LogP contribution < -0.4 is 0 Å². The van der Waals surface area contributed by atoms with Crippen LogP contribution >= 0.6 is 0 Å². The SMILES string of the molecule is c1ccc(-c2ccc3c(-c4cccc5oc6c7ccccc7ccc6c45)c4ccccc4c(-c4cccc5c4ccc4ccccc45)c3c2)cc1. The summed E-state index contributed by atoms with van der Waals surface area (Å²) in [5.74, 6) is 0. The second-order valence-electron chi connectivity index (χ2n) is 13.6. The van der Waals surface area contributed by atoms with E-state index in [1.807, 2.05) is 0 Å². The van der Waals surface area contributed by atoms with Crippen molar-refractivity contribution in [3.05, 3.63) is 182 Å². The highest BCUT2D eigenvalue weighted by molar-refractivity contribution is 6.29. The van der Waals surface area contributed by atoms with Crippen molar-refractivity contribution in [3.63, 3.8) is 0 Å². The van der Waals surface area contributed by atoms with Crippen LogP contribution in [-0.4, -0.2) is 0 Å². The Bertz CT molecular complexity index is 3180. The molecule has 0 saturated carbocycles. The number of hydrogen-bond donors (Lipinski definition) is 0. The predicted molar refractivity (Wildman–Crippen MR) is 218 cm³/mol. The Kier molecular flexibility index (Phi) is 6.02. The van der Waals surface area contributed by atoms with Crippen LogP contribution in [0, 0.1) is 0 Å². The summed E-state index contributed by atoms with van der Waals surface area (Å²) in [7, 11) is 0. The van der Waals surface area contributed by atoms with Crippen molar-refractivity contribution in [2.75, 3.05) is 0 Å². The van der Waals surface area contributed by atoms with E-state index in [9.17, 15) is 0 Å². The van der Waals surface area contributed by atoms with Gasteiger partial charge >= 0.3 is 0 Å². The van der Waals surface area contributed by atoms with Crippen molar-refractivity contribution < 1.29 is 4.42 Å². The van der Waals surface area contributed by atoms with Crippen LogP contribution in [0.2, 0.25) is 0 Å². The lowest BCUT2D eigenvalue weighted by atomic mass is 9.82. The molecule has 10 aromatic carbocycles. The fourth-order valence-electron chi connectivity index (χ4n) is 8.59. The molecule has 0 amide bonds. The summed E-state index contributed by atoms with van der Waals surface area (Å²) in [4.78, 5) is 0. The molecule has 0 radical (unpaired) electrons. The van der Waals surface area contributed by atoms with Crippen molar-refractivity contribution in [2.45, 2.75) is 0 Å². The molecule has 0 atom stereocenters. The Labute approximate surface area is 294 Å². The third kappa shape index (κ3) is 4.16. The summed E-state index contributed by atoms with van der Waals surface area (Å²) in [5, 5.41) is 14.6. The standard InChI is InChI=1S/C50H30O/c1-2-12-31(13-3-1)34-26-28-42-45(30-34)48(39-21-10-20-37-35-16-6-4-14-32(35)24-27-38(37)39)41-19-9-8-18-40(41)47(42)43-22-11-23-46-49(43)44-29-25-33-15-5-7-17-36(33)50(44)51-46/h1-30H. The van der Waals surface area contributed by atoms with E-state index in [-0.39, 0.29) is 0 Å². The van der Waals surface area contributed by atoms with Crippen molar-refractivity contribution in [2.24, 2.45) is 0 Å². The van der Waals surface area contributed by atoms with Gasteiger partial charge in [0.2, 0.25) is 0 Å². The van der Waals surface area contributed by atoms with E-state index in [2.05, 4.69) is 182 Å². The summed E-state index contributed by atoms with van der Waals surface area (Å²) in [5.41, 5.74) is 9.18. The van der Waals surface area contributed by atoms with Gasteiger partial charge in [0.05, 0.1) is 0 Å². The largest absolute Gasteiger partial charge is 0.455 e. The molecule has 1 heterocycles. The maximum atomic E-state index is 6.71. The van der Waals surface area contributed by atoms with Gasteiger partial charge in [0.25, 0.3) is 0 Å². The molecule has 1 aromatic heterocycles. The molecule has 0 bridgehead atoms. The fraction of sp³-hybridized carbons (Fsp3) is 0. The first-order valence-electron chi connectivity index (χ1n) is 17.6. The maximum absolute atomic E-state index is 6.71. The molecule has 0 saturated heterocycles. The number of rotatable bonds is 3. The summed E-state index contributed by atoms with van der Waals surface area (Å²) in [6, 6.07) is 66.3. The minimum Gasteiger partial charge on any atom is -0.455 e. The van der Waals surface area contributed by atoms with E-state index in [4.69, 9.17) is 4.42 Å². The number of furan rings is 1. The van der Waals surface area contributed by atoms with Gasteiger partial charge in [-0.2, -0.15) is 0 Å². The minimum absolute atomic E-state index is 0.905. The Balaban J connectivity index is 1.31. The maximum Gasteiger partial charge on any atom is 0.143 e. The zero-order valence-electron chi connectivity index (χ0n) is 27.7. The molecule has 51 heavy (non-hydrogen) atoms. The summed E-state index contributed by atoms with van der Waals surface area (Å²) in [6.07, 6.45) is 0. The fourth-order valence-corrected chi connectivity index (χ4v) is 8.59. The molecule has 0 fully saturated rings. The van der Waals surface area contributed by atoms with Gasteiger partial charge in [-0.3, -0.25) is 0 Å². The molecule has 0 aliphatic heterocycles. The number of benzene rings is 10. The number of hydrogen-bond acceptors (Lipinski definition) is 1. The van der Waals surface area contributed by atoms with Gasteiger partial charge in [-0.05, 0) is 100 Å². The lowest BCUT2D eigenvalue weighted by molar-refractivity contribution is 0.673. The third-order valence-corrected chi connectivity index (χ3v) is 10.8. The van der Waals surface area contributed by atoms with Gasteiger partial charge in [0, 0.05) is 16.2 Å². The molecular formula is C50H30O. The third-order valence-electron chi connectivity index (χ3n) is 10.8. The Morgan fingerprint density at radius 1 is 0.294 bits per heavy atom. The molecule has 0 aliphatic carbocycles. The van der Waals surface area contributed by atoms with Crippen LogP contribution in [0.1, 0.15) is 0 Å². The average Bonchev–Trinajstić information content (AvgIpc) is 3.60.